The third-order valence-corrected chi connectivity index (χ3v) is 4.23. The average molecular weight is 261 g/mol. The molecule has 1 unspecified atom stereocenters. The second-order valence-corrected chi connectivity index (χ2v) is 5.63. The summed E-state index contributed by atoms with van der Waals surface area (Å²) < 4.78 is 5.48. The zero-order chi connectivity index (χ0) is 13.5. The Morgan fingerprint density at radius 3 is 2.21 bits per heavy atom. The molecule has 0 spiro atoms. The van der Waals surface area contributed by atoms with E-state index < -0.39 is 0 Å². The third-order valence-electron chi connectivity index (χ3n) is 4.23. The summed E-state index contributed by atoms with van der Waals surface area (Å²) in [5, 5.41) is 0. The van der Waals surface area contributed by atoms with Gasteiger partial charge in [0.25, 0.3) is 0 Å². The fraction of sp³-hybridized carbons (Fsp3) is 0.647. The Balaban J connectivity index is 1.98. The summed E-state index contributed by atoms with van der Waals surface area (Å²) in [5.74, 6) is 1.59. The molecule has 2 nitrogen and oxygen atoms in total. The van der Waals surface area contributed by atoms with Gasteiger partial charge in [0.2, 0.25) is 0 Å². The van der Waals surface area contributed by atoms with Crippen molar-refractivity contribution in [1.29, 1.82) is 0 Å². The molecule has 0 radical (unpaired) electrons. The molecule has 2 N–H and O–H groups in total. The van der Waals surface area contributed by atoms with Crippen LogP contribution in [-0.2, 0) is 0 Å². The van der Waals surface area contributed by atoms with E-state index in [1.807, 2.05) is 19.1 Å². The first-order valence-corrected chi connectivity index (χ1v) is 7.79. The lowest BCUT2D eigenvalue weighted by Gasteiger charge is -2.26. The Labute approximate surface area is 117 Å². The molecule has 0 amide bonds. The fourth-order valence-electron chi connectivity index (χ4n) is 3.07. The molecule has 19 heavy (non-hydrogen) atoms. The summed E-state index contributed by atoms with van der Waals surface area (Å²) in [6.07, 6.45) is 9.43. The Bertz CT molecular complexity index is 352. The van der Waals surface area contributed by atoms with Gasteiger partial charge in [-0.05, 0) is 43.4 Å². The Morgan fingerprint density at radius 1 is 1.05 bits per heavy atom. The molecule has 0 bridgehead atoms. The quantitative estimate of drug-likeness (QED) is 0.869. The van der Waals surface area contributed by atoms with Crippen LogP contribution >= 0.6 is 0 Å². The van der Waals surface area contributed by atoms with Crippen LogP contribution in [-0.4, -0.2) is 6.61 Å². The summed E-state index contributed by atoms with van der Waals surface area (Å²) in [6, 6.07) is 8.54. The monoisotopic (exact) mass is 261 g/mol. The summed E-state index contributed by atoms with van der Waals surface area (Å²) in [6.45, 7) is 2.72. The van der Waals surface area contributed by atoms with E-state index >= 15 is 0 Å². The van der Waals surface area contributed by atoms with E-state index in [4.69, 9.17) is 10.5 Å². The molecular weight excluding hydrogens is 234 g/mol. The highest BCUT2D eigenvalue weighted by Crippen LogP contribution is 2.31. The first kappa shape index (κ1) is 14.4. The molecule has 0 aliphatic heterocycles. The summed E-state index contributed by atoms with van der Waals surface area (Å²) in [4.78, 5) is 0. The molecule has 1 aliphatic rings. The minimum absolute atomic E-state index is 0.189. The van der Waals surface area contributed by atoms with Crippen molar-refractivity contribution in [3.05, 3.63) is 29.8 Å². The van der Waals surface area contributed by atoms with Crippen LogP contribution in [0, 0.1) is 5.92 Å². The van der Waals surface area contributed by atoms with Crippen LogP contribution in [0.15, 0.2) is 24.3 Å². The van der Waals surface area contributed by atoms with Crippen LogP contribution < -0.4 is 10.5 Å². The second-order valence-electron chi connectivity index (χ2n) is 5.63. The zero-order valence-corrected chi connectivity index (χ0v) is 12.1. The third kappa shape index (κ3) is 4.24. The van der Waals surface area contributed by atoms with E-state index in [9.17, 15) is 0 Å². The van der Waals surface area contributed by atoms with Gasteiger partial charge in [-0.25, -0.2) is 0 Å². The number of nitrogens with two attached hydrogens (primary N) is 1. The van der Waals surface area contributed by atoms with Crippen LogP contribution in [0.25, 0.3) is 0 Å². The summed E-state index contributed by atoms with van der Waals surface area (Å²) in [7, 11) is 0. The molecule has 2 heteroatoms. The van der Waals surface area contributed by atoms with Gasteiger partial charge in [-0.15, -0.1) is 0 Å². The van der Waals surface area contributed by atoms with E-state index in [1.54, 1.807) is 0 Å². The van der Waals surface area contributed by atoms with Crippen molar-refractivity contribution in [3.8, 4) is 5.75 Å². The van der Waals surface area contributed by atoms with Gasteiger partial charge >= 0.3 is 0 Å². The maximum Gasteiger partial charge on any atom is 0.119 e. The molecule has 0 saturated heterocycles. The SMILES string of the molecule is CCOc1ccc(C(N)C2CCCCCCC2)cc1. The van der Waals surface area contributed by atoms with Crippen molar-refractivity contribution in [2.24, 2.45) is 11.7 Å². The Kier molecular flexibility index (Phi) is 5.71. The van der Waals surface area contributed by atoms with E-state index in [-0.39, 0.29) is 6.04 Å². The number of hydrogen-bond acceptors (Lipinski definition) is 2. The summed E-state index contributed by atoms with van der Waals surface area (Å²) in [5.41, 5.74) is 7.73. The van der Waals surface area contributed by atoms with Gasteiger partial charge < -0.3 is 10.5 Å². The smallest absolute Gasteiger partial charge is 0.119 e. The highest BCUT2D eigenvalue weighted by molar-refractivity contribution is 5.29. The fourth-order valence-corrected chi connectivity index (χ4v) is 3.07. The molecule has 1 fully saturated rings. The predicted molar refractivity (Wildman–Crippen MR) is 80.3 cm³/mol. The maximum atomic E-state index is 6.47. The van der Waals surface area contributed by atoms with Gasteiger partial charge in [-0.2, -0.15) is 0 Å². The van der Waals surface area contributed by atoms with Gasteiger partial charge in [0, 0.05) is 6.04 Å². The molecule has 1 saturated carbocycles. The number of rotatable bonds is 4. The van der Waals surface area contributed by atoms with Crippen molar-refractivity contribution >= 4 is 0 Å². The second kappa shape index (κ2) is 7.54. The van der Waals surface area contributed by atoms with Crippen molar-refractivity contribution in [3.63, 3.8) is 0 Å². The van der Waals surface area contributed by atoms with Crippen molar-refractivity contribution in [2.45, 2.75) is 57.9 Å². The Morgan fingerprint density at radius 2 is 1.63 bits per heavy atom. The first-order valence-electron chi connectivity index (χ1n) is 7.79. The van der Waals surface area contributed by atoms with E-state index in [0.717, 1.165) is 5.75 Å². The van der Waals surface area contributed by atoms with Gasteiger partial charge in [0.1, 0.15) is 5.75 Å². The molecule has 106 valence electrons. The van der Waals surface area contributed by atoms with Crippen molar-refractivity contribution in [1.82, 2.24) is 0 Å². The lowest BCUT2D eigenvalue weighted by atomic mass is 9.83. The average Bonchev–Trinajstić information content (AvgIpc) is 2.39. The largest absolute Gasteiger partial charge is 0.494 e. The topological polar surface area (TPSA) is 35.2 Å². The molecule has 1 aliphatic carbocycles. The highest BCUT2D eigenvalue weighted by Gasteiger charge is 2.20. The minimum atomic E-state index is 0.189. The molecule has 1 atom stereocenters. The van der Waals surface area contributed by atoms with E-state index in [2.05, 4.69) is 12.1 Å². The van der Waals surface area contributed by atoms with Crippen LogP contribution in [0.5, 0.6) is 5.75 Å². The van der Waals surface area contributed by atoms with Gasteiger partial charge in [-0.3, -0.25) is 0 Å². The van der Waals surface area contributed by atoms with Crippen LogP contribution in [0.4, 0.5) is 0 Å². The standard InChI is InChI=1S/C17H27NO/c1-2-19-16-12-10-15(11-13-16)17(18)14-8-6-4-3-5-7-9-14/h10-14,17H,2-9,18H2,1H3. The normalized spacial score (nSPS) is 19.5. The van der Waals surface area contributed by atoms with Crippen molar-refractivity contribution in [2.75, 3.05) is 6.61 Å². The molecule has 0 heterocycles. The van der Waals surface area contributed by atoms with Crippen LogP contribution in [0.2, 0.25) is 0 Å². The van der Waals surface area contributed by atoms with Gasteiger partial charge in [0.05, 0.1) is 6.61 Å². The zero-order valence-electron chi connectivity index (χ0n) is 12.1. The number of benzene rings is 1. The lowest BCUT2D eigenvalue weighted by Crippen LogP contribution is -2.22. The Hall–Kier alpha value is -1.02. The number of ether oxygens (including phenoxy) is 1. The van der Waals surface area contributed by atoms with Crippen LogP contribution in [0.1, 0.15) is 63.5 Å². The minimum Gasteiger partial charge on any atom is -0.494 e. The molecule has 1 aromatic carbocycles. The van der Waals surface area contributed by atoms with Crippen molar-refractivity contribution < 1.29 is 4.74 Å². The molecule has 2 rings (SSSR count). The van der Waals surface area contributed by atoms with Gasteiger partial charge in [0.15, 0.2) is 0 Å². The summed E-state index contributed by atoms with van der Waals surface area (Å²) >= 11 is 0. The molecule has 0 aromatic heterocycles. The van der Waals surface area contributed by atoms with E-state index in [0.29, 0.717) is 12.5 Å². The first-order chi connectivity index (χ1) is 9.31. The highest BCUT2D eigenvalue weighted by atomic mass is 16.5. The number of hydrogen-bond donors (Lipinski definition) is 1. The predicted octanol–water partition coefficient (Wildman–Crippen LogP) is 4.45. The molecule has 1 aromatic rings. The van der Waals surface area contributed by atoms with Gasteiger partial charge in [-0.1, -0.05) is 44.2 Å². The maximum absolute atomic E-state index is 6.47. The molecular formula is C17H27NO. The lowest BCUT2D eigenvalue weighted by molar-refractivity contribution is 0.326. The van der Waals surface area contributed by atoms with Crippen LogP contribution in [0.3, 0.4) is 0 Å². The van der Waals surface area contributed by atoms with E-state index in [1.165, 1.54) is 50.5 Å².